The molecule has 0 fully saturated rings. The van der Waals surface area contributed by atoms with Crippen molar-refractivity contribution in [2.45, 2.75) is 33.0 Å². The first kappa shape index (κ1) is 21.3. The van der Waals surface area contributed by atoms with E-state index in [1.165, 1.54) is 4.57 Å². The molecule has 4 rings (SSSR count). The van der Waals surface area contributed by atoms with Gasteiger partial charge in [0.2, 0.25) is 5.91 Å². The van der Waals surface area contributed by atoms with E-state index >= 15 is 0 Å². The summed E-state index contributed by atoms with van der Waals surface area (Å²) < 4.78 is 1.50. The molecule has 0 bridgehead atoms. The summed E-state index contributed by atoms with van der Waals surface area (Å²) in [6.45, 7) is 4.60. The zero-order valence-corrected chi connectivity index (χ0v) is 18.2. The number of nitrogens with zero attached hydrogens (tertiary/aromatic N) is 3. The maximum absolute atomic E-state index is 13.4. The Morgan fingerprint density at radius 3 is 2.61 bits per heavy atom. The number of benzene rings is 2. The molecule has 3 aromatic rings. The molecular formula is C24H25ClN4O2. The van der Waals surface area contributed by atoms with Crippen molar-refractivity contribution in [2.75, 3.05) is 13.1 Å². The highest BCUT2D eigenvalue weighted by molar-refractivity contribution is 6.31. The number of amides is 1. The largest absolute Gasteiger partial charge is 0.350 e. The third-order valence-corrected chi connectivity index (χ3v) is 5.98. The lowest BCUT2D eigenvalue weighted by Crippen LogP contribution is -2.40. The van der Waals surface area contributed by atoms with E-state index in [1.54, 1.807) is 6.07 Å². The van der Waals surface area contributed by atoms with Crippen LogP contribution in [0.15, 0.2) is 59.4 Å². The van der Waals surface area contributed by atoms with Crippen molar-refractivity contribution in [3.8, 4) is 11.4 Å². The van der Waals surface area contributed by atoms with Crippen LogP contribution < -0.4 is 10.9 Å². The molecule has 0 unspecified atom stereocenters. The second kappa shape index (κ2) is 9.45. The predicted octanol–water partition coefficient (Wildman–Crippen LogP) is 3.26. The number of halogens is 1. The molecule has 31 heavy (non-hydrogen) atoms. The fourth-order valence-electron chi connectivity index (χ4n) is 3.83. The molecule has 160 valence electrons. The Balaban J connectivity index is 1.65. The van der Waals surface area contributed by atoms with E-state index in [9.17, 15) is 9.59 Å². The van der Waals surface area contributed by atoms with Crippen molar-refractivity contribution in [3.63, 3.8) is 0 Å². The number of nitrogens with one attached hydrogen (secondary N) is 1. The van der Waals surface area contributed by atoms with E-state index in [2.05, 4.69) is 17.1 Å². The van der Waals surface area contributed by atoms with E-state index in [0.29, 0.717) is 29.5 Å². The van der Waals surface area contributed by atoms with Crippen LogP contribution in [0.1, 0.15) is 23.7 Å². The zero-order valence-electron chi connectivity index (χ0n) is 17.5. The number of carbonyl (C=O) groups excluding carboxylic acids is 1. The SMILES string of the molecule is CCN1CCc2nc(-c3ccccc3)n(CC(=O)NCc3ccccc3Cl)c(=O)c2C1. The summed E-state index contributed by atoms with van der Waals surface area (Å²) in [7, 11) is 0. The Hall–Kier alpha value is -2.96. The number of aromatic nitrogens is 2. The number of hydrogen-bond acceptors (Lipinski definition) is 4. The smallest absolute Gasteiger partial charge is 0.259 e. The average Bonchev–Trinajstić information content (AvgIpc) is 2.80. The monoisotopic (exact) mass is 436 g/mol. The molecule has 1 aliphatic heterocycles. The first-order chi connectivity index (χ1) is 15.1. The molecule has 2 heterocycles. The van der Waals surface area contributed by atoms with Gasteiger partial charge in [-0.05, 0) is 18.2 Å². The second-order valence-electron chi connectivity index (χ2n) is 7.60. The highest BCUT2D eigenvalue weighted by Gasteiger charge is 2.24. The molecule has 0 aliphatic carbocycles. The molecule has 1 aromatic heterocycles. The normalized spacial score (nSPS) is 13.6. The Morgan fingerprint density at radius 1 is 1.13 bits per heavy atom. The lowest BCUT2D eigenvalue weighted by molar-refractivity contribution is -0.121. The highest BCUT2D eigenvalue weighted by atomic mass is 35.5. The molecule has 0 saturated heterocycles. The summed E-state index contributed by atoms with van der Waals surface area (Å²) in [5.74, 6) is 0.270. The fraction of sp³-hybridized carbons (Fsp3) is 0.292. The van der Waals surface area contributed by atoms with E-state index in [-0.39, 0.29) is 18.0 Å². The molecule has 1 amide bonds. The standard InChI is InChI=1S/C24H25ClN4O2/c1-2-28-13-12-21-19(15-28)24(31)29(23(27-21)17-8-4-3-5-9-17)16-22(30)26-14-18-10-6-7-11-20(18)25/h3-11H,2,12-16H2,1H3,(H,26,30). The number of fused-ring (bicyclic) bond motifs is 1. The lowest BCUT2D eigenvalue weighted by Gasteiger charge is -2.27. The van der Waals surface area contributed by atoms with Gasteiger partial charge in [0.15, 0.2) is 0 Å². The minimum atomic E-state index is -0.260. The molecule has 6 nitrogen and oxygen atoms in total. The summed E-state index contributed by atoms with van der Waals surface area (Å²) in [5, 5.41) is 3.47. The molecule has 0 atom stereocenters. The number of likely N-dealkylation sites (N-methyl/N-ethyl adjacent to an activating group) is 1. The topological polar surface area (TPSA) is 67.2 Å². The molecule has 1 aliphatic rings. The van der Waals surface area contributed by atoms with Crippen LogP contribution in [0.4, 0.5) is 0 Å². The van der Waals surface area contributed by atoms with Gasteiger partial charge in [-0.1, -0.05) is 67.1 Å². The first-order valence-electron chi connectivity index (χ1n) is 10.5. The maximum atomic E-state index is 13.4. The molecule has 2 aromatic carbocycles. The third kappa shape index (κ3) is 4.70. The van der Waals surface area contributed by atoms with E-state index in [0.717, 1.165) is 36.3 Å². The second-order valence-corrected chi connectivity index (χ2v) is 8.01. The fourth-order valence-corrected chi connectivity index (χ4v) is 4.03. The molecule has 1 N–H and O–H groups in total. The first-order valence-corrected chi connectivity index (χ1v) is 10.8. The summed E-state index contributed by atoms with van der Waals surface area (Å²) in [5.41, 5.74) is 3.03. The number of hydrogen-bond donors (Lipinski definition) is 1. The lowest BCUT2D eigenvalue weighted by atomic mass is 10.1. The van der Waals surface area contributed by atoms with E-state index < -0.39 is 0 Å². The Labute approximate surface area is 186 Å². The molecular weight excluding hydrogens is 412 g/mol. The number of carbonyl (C=O) groups is 1. The van der Waals surface area contributed by atoms with Gasteiger partial charge in [0, 0.05) is 36.6 Å². The van der Waals surface area contributed by atoms with Crippen molar-refractivity contribution in [2.24, 2.45) is 0 Å². The Kier molecular flexibility index (Phi) is 6.49. The highest BCUT2D eigenvalue weighted by Crippen LogP contribution is 2.21. The van der Waals surface area contributed by atoms with Crippen LogP contribution in [-0.2, 0) is 30.8 Å². The van der Waals surface area contributed by atoms with Gasteiger partial charge in [0.1, 0.15) is 12.4 Å². The maximum Gasteiger partial charge on any atom is 0.259 e. The zero-order chi connectivity index (χ0) is 21.8. The molecule has 7 heteroatoms. The summed E-state index contributed by atoms with van der Waals surface area (Å²) in [4.78, 5) is 33.2. The minimum absolute atomic E-state index is 0.0973. The van der Waals surface area contributed by atoms with Crippen LogP contribution in [0.3, 0.4) is 0 Å². The van der Waals surface area contributed by atoms with Crippen molar-refractivity contribution >= 4 is 17.5 Å². The Morgan fingerprint density at radius 2 is 1.87 bits per heavy atom. The van der Waals surface area contributed by atoms with Crippen LogP contribution in [0, 0.1) is 0 Å². The van der Waals surface area contributed by atoms with Gasteiger partial charge < -0.3 is 5.32 Å². The van der Waals surface area contributed by atoms with Crippen LogP contribution in [0.2, 0.25) is 5.02 Å². The van der Waals surface area contributed by atoms with Gasteiger partial charge in [-0.2, -0.15) is 0 Å². The quantitative estimate of drug-likeness (QED) is 0.644. The molecule has 0 radical (unpaired) electrons. The minimum Gasteiger partial charge on any atom is -0.350 e. The van der Waals surface area contributed by atoms with Crippen molar-refractivity contribution in [3.05, 3.63) is 86.8 Å². The summed E-state index contributed by atoms with van der Waals surface area (Å²) >= 11 is 6.18. The average molecular weight is 437 g/mol. The molecule has 0 saturated carbocycles. The number of rotatable bonds is 6. The van der Waals surface area contributed by atoms with Gasteiger partial charge in [-0.15, -0.1) is 0 Å². The van der Waals surface area contributed by atoms with Gasteiger partial charge in [-0.25, -0.2) is 4.98 Å². The van der Waals surface area contributed by atoms with Crippen LogP contribution in [0.25, 0.3) is 11.4 Å². The molecule has 0 spiro atoms. The van der Waals surface area contributed by atoms with Crippen LogP contribution in [-0.4, -0.2) is 33.4 Å². The van der Waals surface area contributed by atoms with Crippen molar-refractivity contribution < 1.29 is 4.79 Å². The van der Waals surface area contributed by atoms with Crippen molar-refractivity contribution in [1.82, 2.24) is 19.8 Å². The van der Waals surface area contributed by atoms with Gasteiger partial charge in [0.05, 0.1) is 11.3 Å². The third-order valence-electron chi connectivity index (χ3n) is 5.61. The van der Waals surface area contributed by atoms with E-state index in [4.69, 9.17) is 16.6 Å². The van der Waals surface area contributed by atoms with Gasteiger partial charge in [0.25, 0.3) is 5.56 Å². The van der Waals surface area contributed by atoms with Gasteiger partial charge >= 0.3 is 0 Å². The summed E-state index contributed by atoms with van der Waals surface area (Å²) in [6, 6.07) is 16.9. The predicted molar refractivity (Wildman–Crippen MR) is 122 cm³/mol. The van der Waals surface area contributed by atoms with Crippen molar-refractivity contribution in [1.29, 1.82) is 0 Å². The summed E-state index contributed by atoms with van der Waals surface area (Å²) in [6.07, 6.45) is 0.734. The van der Waals surface area contributed by atoms with Crippen LogP contribution in [0.5, 0.6) is 0 Å². The van der Waals surface area contributed by atoms with Gasteiger partial charge in [-0.3, -0.25) is 19.1 Å². The van der Waals surface area contributed by atoms with E-state index in [1.807, 2.05) is 48.5 Å². The Bertz CT molecular complexity index is 1140. The van der Waals surface area contributed by atoms with Crippen LogP contribution >= 0.6 is 11.6 Å².